The fourth-order valence-corrected chi connectivity index (χ4v) is 4.55. The third kappa shape index (κ3) is 7.21. The molecule has 0 radical (unpaired) electrons. The topological polar surface area (TPSA) is 95.0 Å². The summed E-state index contributed by atoms with van der Waals surface area (Å²) in [6.07, 6.45) is 2.93. The third-order valence-corrected chi connectivity index (χ3v) is 6.25. The van der Waals surface area contributed by atoms with E-state index in [1.165, 1.54) is 0 Å². The van der Waals surface area contributed by atoms with Gasteiger partial charge in [-0.2, -0.15) is 0 Å². The van der Waals surface area contributed by atoms with Crippen molar-refractivity contribution in [2.75, 3.05) is 13.7 Å². The Kier molecular flexibility index (Phi) is 8.75. The monoisotopic (exact) mass is 471 g/mol. The molecule has 8 heteroatoms. The average molecular weight is 471 g/mol. The smallest absolute Gasteiger partial charge is 0.472 e. The van der Waals surface area contributed by atoms with Crippen LogP contribution in [0.25, 0.3) is 21.9 Å². The maximum Gasteiger partial charge on any atom is 0.472 e. The normalized spacial score (nSPS) is 13.2. The van der Waals surface area contributed by atoms with Crippen molar-refractivity contribution < 1.29 is 28.0 Å². The second-order valence-corrected chi connectivity index (χ2v) is 9.43. The van der Waals surface area contributed by atoms with Gasteiger partial charge in [-0.1, -0.05) is 30.3 Å². The number of phosphoric ester groups is 1. The van der Waals surface area contributed by atoms with E-state index in [0.29, 0.717) is 25.0 Å². The van der Waals surface area contributed by atoms with E-state index in [-0.39, 0.29) is 18.8 Å². The minimum Gasteiger partial charge on any atom is -0.497 e. The number of pyridine rings is 1. The van der Waals surface area contributed by atoms with Gasteiger partial charge in [-0.15, -0.1) is 0 Å². The van der Waals surface area contributed by atoms with E-state index in [4.69, 9.17) is 13.8 Å². The largest absolute Gasteiger partial charge is 0.497 e. The first kappa shape index (κ1) is 25.1. The van der Waals surface area contributed by atoms with E-state index in [1.54, 1.807) is 27.2 Å². The lowest BCUT2D eigenvalue weighted by atomic mass is 9.94. The first-order valence-electron chi connectivity index (χ1n) is 11.0. The van der Waals surface area contributed by atoms with Crippen molar-refractivity contribution in [1.82, 2.24) is 4.98 Å². The van der Waals surface area contributed by atoms with Crippen molar-refractivity contribution in [2.24, 2.45) is 0 Å². The van der Waals surface area contributed by atoms with E-state index >= 15 is 0 Å². The van der Waals surface area contributed by atoms with Crippen LogP contribution in [-0.4, -0.2) is 35.5 Å². The molecule has 1 unspecified atom stereocenters. The Morgan fingerprint density at radius 1 is 1.12 bits per heavy atom. The van der Waals surface area contributed by atoms with Crippen LogP contribution in [0.5, 0.6) is 5.75 Å². The molecule has 0 aliphatic carbocycles. The lowest BCUT2D eigenvalue weighted by Gasteiger charge is -2.14. The summed E-state index contributed by atoms with van der Waals surface area (Å²) in [5.41, 5.74) is 2.63. The molecule has 0 amide bonds. The number of fused-ring (bicyclic) bond motifs is 1. The summed E-state index contributed by atoms with van der Waals surface area (Å²) in [5, 5.41) is 1.95. The van der Waals surface area contributed by atoms with Crippen molar-refractivity contribution in [2.45, 2.75) is 45.6 Å². The fraction of sp³-hybridized carbons (Fsp3) is 0.360. The number of phosphoric acid groups is 1. The summed E-state index contributed by atoms with van der Waals surface area (Å²) in [6, 6.07) is 15.7. The van der Waals surface area contributed by atoms with Crippen LogP contribution >= 0.6 is 7.82 Å². The number of unbranched alkanes of at least 4 members (excludes halogenated alkanes) is 1. The van der Waals surface area contributed by atoms with Gasteiger partial charge in [0.2, 0.25) is 0 Å². The highest BCUT2D eigenvalue weighted by Crippen LogP contribution is 2.44. The quantitative estimate of drug-likeness (QED) is 0.266. The minimum absolute atomic E-state index is 0.0486. The van der Waals surface area contributed by atoms with Crippen LogP contribution in [0.2, 0.25) is 0 Å². The SMILES string of the molecule is COc1ccc2cnc(CC(=O)CCCCOP(=O)(O)OC(C)C)c(-c3ccccc3)c2c1. The van der Waals surface area contributed by atoms with Gasteiger partial charge in [0.25, 0.3) is 0 Å². The van der Waals surface area contributed by atoms with Gasteiger partial charge in [-0.25, -0.2) is 4.57 Å². The van der Waals surface area contributed by atoms with Gasteiger partial charge < -0.3 is 9.63 Å². The lowest BCUT2D eigenvalue weighted by molar-refractivity contribution is -0.118. The maximum absolute atomic E-state index is 12.7. The second-order valence-electron chi connectivity index (χ2n) is 8.03. The van der Waals surface area contributed by atoms with Gasteiger partial charge >= 0.3 is 7.82 Å². The van der Waals surface area contributed by atoms with Gasteiger partial charge in [0.05, 0.1) is 25.5 Å². The molecule has 3 aromatic rings. The zero-order valence-corrected chi connectivity index (χ0v) is 20.1. The van der Waals surface area contributed by atoms with Crippen molar-refractivity contribution in [3.05, 3.63) is 60.4 Å². The zero-order chi connectivity index (χ0) is 23.8. The molecule has 0 aliphatic heterocycles. The van der Waals surface area contributed by atoms with Crippen LogP contribution in [0, 0.1) is 0 Å². The standard InChI is InChI=1S/C25H30NO6P/c1-18(2)32-33(28,29)31-14-8-7-11-21(27)15-24-25(19-9-5-4-6-10-19)23-16-22(30-3)13-12-20(23)17-26-24/h4-6,9-10,12-13,16-18H,7-8,11,14-15H2,1-3H3,(H,28,29). The van der Waals surface area contributed by atoms with Crippen molar-refractivity contribution >= 4 is 24.4 Å². The number of ketones is 1. The number of aromatic nitrogens is 1. The number of ether oxygens (including phenoxy) is 1. The summed E-state index contributed by atoms with van der Waals surface area (Å²) in [6.45, 7) is 3.37. The number of hydrogen-bond donors (Lipinski definition) is 1. The Hall–Kier alpha value is -2.57. The Morgan fingerprint density at radius 3 is 2.58 bits per heavy atom. The highest BCUT2D eigenvalue weighted by Gasteiger charge is 2.22. The lowest BCUT2D eigenvalue weighted by Crippen LogP contribution is -2.07. The molecule has 1 atom stereocenters. The zero-order valence-electron chi connectivity index (χ0n) is 19.2. The third-order valence-electron chi connectivity index (χ3n) is 5.05. The van der Waals surface area contributed by atoms with Crippen LogP contribution in [0.3, 0.4) is 0 Å². The molecule has 1 N–H and O–H groups in total. The maximum atomic E-state index is 12.7. The molecule has 0 fully saturated rings. The molecule has 0 saturated carbocycles. The number of carbonyl (C=O) groups is 1. The van der Waals surface area contributed by atoms with Gasteiger partial charge in [-0.05, 0) is 55.8 Å². The predicted molar refractivity (Wildman–Crippen MR) is 128 cm³/mol. The van der Waals surface area contributed by atoms with Gasteiger partial charge in [-0.3, -0.25) is 18.8 Å². The van der Waals surface area contributed by atoms with Crippen LogP contribution < -0.4 is 4.74 Å². The molecule has 3 rings (SSSR count). The van der Waals surface area contributed by atoms with Crippen LogP contribution in [0.15, 0.2) is 54.7 Å². The molecule has 0 saturated heterocycles. The van der Waals surface area contributed by atoms with Gasteiger partial charge in [0.1, 0.15) is 11.5 Å². The summed E-state index contributed by atoms with van der Waals surface area (Å²) >= 11 is 0. The fourth-order valence-electron chi connectivity index (χ4n) is 3.60. The van der Waals surface area contributed by atoms with Crippen molar-refractivity contribution in [3.63, 3.8) is 0 Å². The average Bonchev–Trinajstić information content (AvgIpc) is 2.78. The Balaban J connectivity index is 1.70. The molecular weight excluding hydrogens is 441 g/mol. The number of carbonyl (C=O) groups excluding carboxylic acids is 1. The summed E-state index contributed by atoms with van der Waals surface area (Å²) in [4.78, 5) is 26.9. The molecule has 1 heterocycles. The van der Waals surface area contributed by atoms with E-state index in [1.807, 2.05) is 48.5 Å². The van der Waals surface area contributed by atoms with Crippen molar-refractivity contribution in [3.8, 4) is 16.9 Å². The predicted octanol–water partition coefficient (Wildman–Crippen LogP) is 5.73. The Bertz CT molecular complexity index is 1130. The Labute approximate surface area is 194 Å². The van der Waals surface area contributed by atoms with Gasteiger partial charge in [0.15, 0.2) is 0 Å². The first-order chi connectivity index (χ1) is 15.8. The number of Topliss-reactive ketones (excluding diaryl/α,β-unsaturated/α-hetero) is 1. The van der Waals surface area contributed by atoms with E-state index in [2.05, 4.69) is 4.98 Å². The molecule has 7 nitrogen and oxygen atoms in total. The molecule has 33 heavy (non-hydrogen) atoms. The van der Waals surface area contributed by atoms with Crippen LogP contribution in [0.4, 0.5) is 0 Å². The molecule has 176 valence electrons. The van der Waals surface area contributed by atoms with Crippen molar-refractivity contribution in [1.29, 1.82) is 0 Å². The van der Waals surface area contributed by atoms with E-state index in [0.717, 1.165) is 27.6 Å². The number of nitrogens with zero attached hydrogens (tertiary/aromatic N) is 1. The molecule has 0 aliphatic rings. The molecular formula is C25H30NO6P. The number of methoxy groups -OCH3 is 1. The molecule has 0 spiro atoms. The molecule has 2 aromatic carbocycles. The van der Waals surface area contributed by atoms with Gasteiger partial charge in [0, 0.05) is 30.0 Å². The summed E-state index contributed by atoms with van der Waals surface area (Å²) in [5.74, 6) is 0.790. The number of rotatable bonds is 12. The molecule has 0 bridgehead atoms. The second kappa shape index (κ2) is 11.5. The summed E-state index contributed by atoms with van der Waals surface area (Å²) in [7, 11) is -2.42. The molecule has 1 aromatic heterocycles. The number of benzene rings is 2. The van der Waals surface area contributed by atoms with E-state index < -0.39 is 13.9 Å². The highest BCUT2D eigenvalue weighted by molar-refractivity contribution is 7.47. The Morgan fingerprint density at radius 2 is 1.88 bits per heavy atom. The summed E-state index contributed by atoms with van der Waals surface area (Å²) < 4.78 is 26.9. The van der Waals surface area contributed by atoms with E-state index in [9.17, 15) is 14.3 Å². The van der Waals surface area contributed by atoms with Crippen LogP contribution in [0.1, 0.15) is 38.8 Å². The highest BCUT2D eigenvalue weighted by atomic mass is 31.2. The first-order valence-corrected chi connectivity index (χ1v) is 12.5. The minimum atomic E-state index is -4.04. The number of hydrogen-bond acceptors (Lipinski definition) is 6. The van der Waals surface area contributed by atoms with Crippen LogP contribution in [-0.2, 0) is 24.8 Å².